The van der Waals surface area contributed by atoms with Crippen molar-refractivity contribution in [1.82, 2.24) is 4.98 Å². The Morgan fingerprint density at radius 1 is 1.00 bits per heavy atom. The first-order valence-corrected chi connectivity index (χ1v) is 10.4. The van der Waals surface area contributed by atoms with E-state index in [4.69, 9.17) is 9.15 Å². The number of aromatic nitrogens is 1. The lowest BCUT2D eigenvalue weighted by atomic mass is 10.1. The molecule has 0 saturated carbocycles. The van der Waals surface area contributed by atoms with Crippen LogP contribution in [0.4, 0.5) is 11.4 Å². The number of benzene rings is 3. The van der Waals surface area contributed by atoms with Crippen molar-refractivity contribution in [3.05, 3.63) is 78.4 Å². The highest BCUT2D eigenvalue weighted by Gasteiger charge is 2.15. The first kappa shape index (κ1) is 20.5. The zero-order valence-corrected chi connectivity index (χ0v) is 17.4. The van der Waals surface area contributed by atoms with Gasteiger partial charge in [0.05, 0.1) is 24.1 Å². The van der Waals surface area contributed by atoms with Crippen LogP contribution in [0.2, 0.25) is 0 Å². The van der Waals surface area contributed by atoms with E-state index in [9.17, 15) is 9.59 Å². The third-order valence-corrected chi connectivity index (χ3v) is 5.20. The van der Waals surface area contributed by atoms with E-state index < -0.39 is 0 Å². The standard InChI is InChI=1S/C23H19N3O4S/c1-29-16-8-6-7-15(13-16)24-22(28)17-9-2-3-10-18(17)25-21(27)14-31-23-26-19-11-4-5-12-20(19)30-23/h2-13H,14H2,1H3,(H,24,28)(H,25,27). The van der Waals surface area contributed by atoms with Crippen LogP contribution in [0.15, 0.2) is 82.4 Å². The Labute approximate surface area is 182 Å². The molecule has 0 spiro atoms. The van der Waals surface area contributed by atoms with Crippen molar-refractivity contribution in [1.29, 1.82) is 0 Å². The Bertz CT molecular complexity index is 1210. The Balaban J connectivity index is 1.41. The van der Waals surface area contributed by atoms with Gasteiger partial charge in [-0.3, -0.25) is 9.59 Å². The largest absolute Gasteiger partial charge is 0.497 e. The van der Waals surface area contributed by atoms with E-state index in [1.165, 1.54) is 11.8 Å². The van der Waals surface area contributed by atoms with Gasteiger partial charge in [-0.1, -0.05) is 42.1 Å². The summed E-state index contributed by atoms with van der Waals surface area (Å²) in [4.78, 5) is 29.6. The predicted molar refractivity (Wildman–Crippen MR) is 121 cm³/mol. The summed E-state index contributed by atoms with van der Waals surface area (Å²) in [6, 6.07) is 21.3. The van der Waals surface area contributed by atoms with Crippen LogP contribution in [-0.4, -0.2) is 29.7 Å². The molecular weight excluding hydrogens is 414 g/mol. The van der Waals surface area contributed by atoms with E-state index in [0.717, 1.165) is 5.52 Å². The summed E-state index contributed by atoms with van der Waals surface area (Å²) in [5.41, 5.74) is 2.78. The summed E-state index contributed by atoms with van der Waals surface area (Å²) in [7, 11) is 1.56. The van der Waals surface area contributed by atoms with Crippen LogP contribution in [0.1, 0.15) is 10.4 Å². The number of carbonyl (C=O) groups excluding carboxylic acids is 2. The number of amides is 2. The van der Waals surface area contributed by atoms with Gasteiger partial charge in [0.1, 0.15) is 11.3 Å². The molecule has 0 bridgehead atoms. The number of fused-ring (bicyclic) bond motifs is 1. The minimum atomic E-state index is -0.337. The number of methoxy groups -OCH3 is 1. The van der Waals surface area contributed by atoms with E-state index in [1.807, 2.05) is 24.3 Å². The topological polar surface area (TPSA) is 93.5 Å². The molecular formula is C23H19N3O4S. The van der Waals surface area contributed by atoms with Crippen LogP contribution in [0.3, 0.4) is 0 Å². The number of ether oxygens (including phenoxy) is 1. The van der Waals surface area contributed by atoms with Crippen LogP contribution in [0.25, 0.3) is 11.1 Å². The van der Waals surface area contributed by atoms with Crippen LogP contribution >= 0.6 is 11.8 Å². The lowest BCUT2D eigenvalue weighted by molar-refractivity contribution is -0.113. The van der Waals surface area contributed by atoms with Gasteiger partial charge in [-0.15, -0.1) is 0 Å². The van der Waals surface area contributed by atoms with Gasteiger partial charge in [-0.2, -0.15) is 0 Å². The number of nitrogens with one attached hydrogen (secondary N) is 2. The molecule has 0 saturated heterocycles. The van der Waals surface area contributed by atoms with Crippen molar-refractivity contribution in [2.75, 3.05) is 23.5 Å². The fourth-order valence-electron chi connectivity index (χ4n) is 2.92. The minimum Gasteiger partial charge on any atom is -0.497 e. The minimum absolute atomic E-state index is 0.0959. The third-order valence-electron chi connectivity index (χ3n) is 4.37. The average molecular weight is 433 g/mol. The zero-order valence-electron chi connectivity index (χ0n) is 16.6. The second-order valence-corrected chi connectivity index (χ2v) is 7.44. The molecule has 3 aromatic carbocycles. The zero-order chi connectivity index (χ0) is 21.6. The maximum absolute atomic E-state index is 12.8. The molecule has 7 nitrogen and oxygen atoms in total. The normalized spacial score (nSPS) is 10.6. The summed E-state index contributed by atoms with van der Waals surface area (Å²) in [5.74, 6) is 0.124. The molecule has 8 heteroatoms. The SMILES string of the molecule is COc1cccc(NC(=O)c2ccccc2NC(=O)CSc2nc3ccccc3o2)c1. The molecule has 0 atom stereocenters. The maximum Gasteiger partial charge on any atom is 0.257 e. The van der Waals surface area contributed by atoms with Crippen molar-refractivity contribution in [2.24, 2.45) is 0 Å². The molecule has 2 amide bonds. The first-order valence-electron chi connectivity index (χ1n) is 9.45. The summed E-state index contributed by atoms with van der Waals surface area (Å²) in [5, 5.41) is 6.02. The van der Waals surface area contributed by atoms with Crippen molar-refractivity contribution < 1.29 is 18.7 Å². The van der Waals surface area contributed by atoms with Crippen molar-refractivity contribution in [3.8, 4) is 5.75 Å². The Kier molecular flexibility index (Phi) is 6.18. The summed E-state index contributed by atoms with van der Waals surface area (Å²) >= 11 is 1.19. The molecule has 1 aromatic heterocycles. The van der Waals surface area contributed by atoms with Gasteiger partial charge in [0.15, 0.2) is 5.58 Å². The summed E-state index contributed by atoms with van der Waals surface area (Å²) < 4.78 is 10.8. The molecule has 31 heavy (non-hydrogen) atoms. The molecule has 0 aliphatic heterocycles. The second kappa shape index (κ2) is 9.36. The van der Waals surface area contributed by atoms with E-state index in [2.05, 4.69) is 15.6 Å². The number of para-hydroxylation sites is 3. The number of oxazole rings is 1. The molecule has 4 aromatic rings. The molecule has 1 heterocycles. The second-order valence-electron chi connectivity index (χ2n) is 6.52. The number of hydrogen-bond donors (Lipinski definition) is 2. The number of anilines is 2. The predicted octanol–water partition coefficient (Wildman–Crippen LogP) is 4.82. The molecule has 2 N–H and O–H groups in total. The van der Waals surface area contributed by atoms with Crippen molar-refractivity contribution >= 4 is 46.1 Å². The number of rotatable bonds is 7. The van der Waals surface area contributed by atoms with Gasteiger partial charge in [-0.05, 0) is 36.4 Å². The average Bonchev–Trinajstić information content (AvgIpc) is 3.21. The first-order chi connectivity index (χ1) is 15.1. The highest BCUT2D eigenvalue weighted by molar-refractivity contribution is 7.99. The van der Waals surface area contributed by atoms with E-state index in [-0.39, 0.29) is 17.6 Å². The fourth-order valence-corrected chi connectivity index (χ4v) is 3.55. The number of thioether (sulfide) groups is 1. The Morgan fingerprint density at radius 2 is 1.81 bits per heavy atom. The molecule has 0 aliphatic carbocycles. The third kappa shape index (κ3) is 5.04. The molecule has 0 fully saturated rings. The molecule has 0 aliphatic rings. The fraction of sp³-hybridized carbons (Fsp3) is 0.0870. The van der Waals surface area contributed by atoms with Gasteiger partial charge in [0.25, 0.3) is 11.1 Å². The van der Waals surface area contributed by atoms with E-state index in [0.29, 0.717) is 33.5 Å². The van der Waals surface area contributed by atoms with Crippen LogP contribution in [0.5, 0.6) is 5.75 Å². The van der Waals surface area contributed by atoms with Gasteiger partial charge in [0, 0.05) is 11.8 Å². The highest BCUT2D eigenvalue weighted by Crippen LogP contribution is 2.24. The van der Waals surface area contributed by atoms with Crippen LogP contribution in [0, 0.1) is 0 Å². The quantitative estimate of drug-likeness (QED) is 0.406. The van der Waals surface area contributed by atoms with Gasteiger partial charge >= 0.3 is 0 Å². The van der Waals surface area contributed by atoms with Gasteiger partial charge in [0.2, 0.25) is 5.91 Å². The highest BCUT2D eigenvalue weighted by atomic mass is 32.2. The lowest BCUT2D eigenvalue weighted by Gasteiger charge is -2.11. The Hall–Kier alpha value is -3.78. The van der Waals surface area contributed by atoms with E-state index in [1.54, 1.807) is 55.6 Å². The maximum atomic E-state index is 12.8. The lowest BCUT2D eigenvalue weighted by Crippen LogP contribution is -2.19. The molecule has 156 valence electrons. The molecule has 4 rings (SSSR count). The Morgan fingerprint density at radius 3 is 2.65 bits per heavy atom. The monoisotopic (exact) mass is 433 g/mol. The number of hydrogen-bond acceptors (Lipinski definition) is 6. The molecule has 0 unspecified atom stereocenters. The van der Waals surface area contributed by atoms with Crippen LogP contribution in [-0.2, 0) is 4.79 Å². The number of nitrogens with zero attached hydrogens (tertiary/aromatic N) is 1. The van der Waals surface area contributed by atoms with Crippen molar-refractivity contribution in [2.45, 2.75) is 5.22 Å². The smallest absolute Gasteiger partial charge is 0.257 e. The van der Waals surface area contributed by atoms with Crippen molar-refractivity contribution in [3.63, 3.8) is 0 Å². The molecule has 0 radical (unpaired) electrons. The summed E-state index contributed by atoms with van der Waals surface area (Å²) in [6.07, 6.45) is 0. The summed E-state index contributed by atoms with van der Waals surface area (Å²) in [6.45, 7) is 0. The van der Waals surface area contributed by atoms with Gasteiger partial charge < -0.3 is 19.8 Å². The van der Waals surface area contributed by atoms with Crippen LogP contribution < -0.4 is 15.4 Å². The number of carbonyl (C=O) groups is 2. The van der Waals surface area contributed by atoms with E-state index >= 15 is 0 Å². The van der Waals surface area contributed by atoms with Gasteiger partial charge in [-0.25, -0.2) is 4.98 Å².